The standard InChI is InChI=1S/C21H28N2/c1-17(2)15-21(23-13-11-22-12-14-23)20-10-6-9-19(16-20)18-7-4-3-5-8-18/h3-10,16-17,21-22H,11-15H2,1-2H3/t21-/m0/s1. The van der Waals surface area contributed by atoms with E-state index in [9.17, 15) is 0 Å². The van der Waals surface area contributed by atoms with Crippen LogP contribution >= 0.6 is 0 Å². The quantitative estimate of drug-likeness (QED) is 0.883. The van der Waals surface area contributed by atoms with Gasteiger partial charge in [0.25, 0.3) is 0 Å². The Kier molecular flexibility index (Phi) is 5.47. The number of piperazine rings is 1. The predicted octanol–water partition coefficient (Wildman–Crippen LogP) is 4.35. The molecule has 0 aromatic heterocycles. The predicted molar refractivity (Wildman–Crippen MR) is 98.5 cm³/mol. The molecule has 23 heavy (non-hydrogen) atoms. The summed E-state index contributed by atoms with van der Waals surface area (Å²) >= 11 is 0. The molecule has 3 rings (SSSR count). The Hall–Kier alpha value is -1.64. The number of benzene rings is 2. The van der Waals surface area contributed by atoms with Crippen molar-refractivity contribution in [3.63, 3.8) is 0 Å². The zero-order valence-electron chi connectivity index (χ0n) is 14.3. The summed E-state index contributed by atoms with van der Waals surface area (Å²) in [6, 6.07) is 20.4. The third-order valence-corrected chi connectivity index (χ3v) is 4.67. The summed E-state index contributed by atoms with van der Waals surface area (Å²) in [4.78, 5) is 2.65. The molecule has 0 spiro atoms. The lowest BCUT2D eigenvalue weighted by atomic mass is 9.92. The molecule has 0 amide bonds. The average Bonchev–Trinajstić information content (AvgIpc) is 2.61. The molecule has 0 saturated carbocycles. The number of nitrogens with zero attached hydrogens (tertiary/aromatic N) is 1. The Bertz CT molecular complexity index is 600. The first-order valence-corrected chi connectivity index (χ1v) is 8.84. The van der Waals surface area contributed by atoms with Gasteiger partial charge in [-0.05, 0) is 35.1 Å². The molecule has 2 heteroatoms. The minimum absolute atomic E-state index is 0.528. The molecule has 1 aliphatic rings. The molecule has 122 valence electrons. The van der Waals surface area contributed by atoms with Gasteiger partial charge in [0.1, 0.15) is 0 Å². The van der Waals surface area contributed by atoms with Crippen molar-refractivity contribution in [3.8, 4) is 11.1 Å². The summed E-state index contributed by atoms with van der Waals surface area (Å²) in [5, 5.41) is 3.47. The van der Waals surface area contributed by atoms with E-state index in [2.05, 4.69) is 78.7 Å². The van der Waals surface area contributed by atoms with E-state index in [4.69, 9.17) is 0 Å². The maximum Gasteiger partial charge on any atom is 0.0351 e. The van der Waals surface area contributed by atoms with Gasteiger partial charge in [-0.15, -0.1) is 0 Å². The fraction of sp³-hybridized carbons (Fsp3) is 0.429. The van der Waals surface area contributed by atoms with Crippen LogP contribution in [0.2, 0.25) is 0 Å². The second kappa shape index (κ2) is 7.76. The van der Waals surface area contributed by atoms with Crippen molar-refractivity contribution in [2.45, 2.75) is 26.3 Å². The number of nitrogens with one attached hydrogen (secondary N) is 1. The topological polar surface area (TPSA) is 15.3 Å². The normalized spacial score (nSPS) is 17.3. The van der Waals surface area contributed by atoms with Gasteiger partial charge < -0.3 is 5.32 Å². The van der Waals surface area contributed by atoms with Crippen LogP contribution in [0.3, 0.4) is 0 Å². The highest BCUT2D eigenvalue weighted by Crippen LogP contribution is 2.31. The van der Waals surface area contributed by atoms with E-state index in [-0.39, 0.29) is 0 Å². The van der Waals surface area contributed by atoms with Crippen LogP contribution in [0.4, 0.5) is 0 Å². The molecular formula is C21H28N2. The molecule has 1 fully saturated rings. The van der Waals surface area contributed by atoms with Crippen LogP contribution in [0.1, 0.15) is 31.9 Å². The zero-order valence-corrected chi connectivity index (χ0v) is 14.3. The van der Waals surface area contributed by atoms with Gasteiger partial charge in [0.2, 0.25) is 0 Å². The lowest BCUT2D eigenvalue weighted by molar-refractivity contribution is 0.154. The zero-order chi connectivity index (χ0) is 16.1. The Labute approximate surface area is 140 Å². The van der Waals surface area contributed by atoms with E-state index in [1.54, 1.807) is 0 Å². The van der Waals surface area contributed by atoms with Gasteiger partial charge in [-0.25, -0.2) is 0 Å². The van der Waals surface area contributed by atoms with Crippen molar-refractivity contribution in [2.24, 2.45) is 5.92 Å². The van der Waals surface area contributed by atoms with Crippen molar-refractivity contribution >= 4 is 0 Å². The van der Waals surface area contributed by atoms with E-state index in [0.717, 1.165) is 26.2 Å². The van der Waals surface area contributed by atoms with Crippen LogP contribution in [-0.4, -0.2) is 31.1 Å². The SMILES string of the molecule is CC(C)C[C@@H](c1cccc(-c2ccccc2)c1)N1CCNCC1. The highest BCUT2D eigenvalue weighted by Gasteiger charge is 2.23. The average molecular weight is 308 g/mol. The van der Waals surface area contributed by atoms with Gasteiger partial charge in [-0.2, -0.15) is 0 Å². The van der Waals surface area contributed by atoms with Crippen LogP contribution < -0.4 is 5.32 Å². The van der Waals surface area contributed by atoms with E-state index < -0.39 is 0 Å². The Morgan fingerprint density at radius 2 is 1.61 bits per heavy atom. The molecule has 0 unspecified atom stereocenters. The van der Waals surface area contributed by atoms with Crippen molar-refractivity contribution in [1.29, 1.82) is 0 Å². The highest BCUT2D eigenvalue weighted by molar-refractivity contribution is 5.64. The molecule has 0 radical (unpaired) electrons. The fourth-order valence-corrected chi connectivity index (χ4v) is 3.49. The first kappa shape index (κ1) is 16.2. The third kappa shape index (κ3) is 4.21. The summed E-state index contributed by atoms with van der Waals surface area (Å²) in [5.41, 5.74) is 4.09. The van der Waals surface area contributed by atoms with Crippen molar-refractivity contribution in [1.82, 2.24) is 10.2 Å². The van der Waals surface area contributed by atoms with Gasteiger partial charge >= 0.3 is 0 Å². The summed E-state index contributed by atoms with van der Waals surface area (Å²) in [6.45, 7) is 9.16. The van der Waals surface area contributed by atoms with Gasteiger partial charge in [-0.1, -0.05) is 62.4 Å². The number of rotatable bonds is 5. The van der Waals surface area contributed by atoms with Crippen LogP contribution in [0, 0.1) is 5.92 Å². The van der Waals surface area contributed by atoms with Gasteiger partial charge in [0.15, 0.2) is 0 Å². The Balaban J connectivity index is 1.89. The van der Waals surface area contributed by atoms with E-state index in [0.29, 0.717) is 12.0 Å². The Morgan fingerprint density at radius 3 is 2.30 bits per heavy atom. The second-order valence-electron chi connectivity index (χ2n) is 6.92. The van der Waals surface area contributed by atoms with Gasteiger partial charge in [0.05, 0.1) is 0 Å². The monoisotopic (exact) mass is 308 g/mol. The van der Waals surface area contributed by atoms with Crippen molar-refractivity contribution in [2.75, 3.05) is 26.2 Å². The molecular weight excluding hydrogens is 280 g/mol. The molecule has 1 heterocycles. The summed E-state index contributed by atoms with van der Waals surface area (Å²) in [7, 11) is 0. The molecule has 2 nitrogen and oxygen atoms in total. The smallest absolute Gasteiger partial charge is 0.0351 e. The highest BCUT2D eigenvalue weighted by atomic mass is 15.2. The molecule has 0 bridgehead atoms. The molecule has 1 saturated heterocycles. The van der Waals surface area contributed by atoms with E-state index in [1.165, 1.54) is 23.1 Å². The van der Waals surface area contributed by atoms with Crippen molar-refractivity contribution in [3.05, 3.63) is 60.2 Å². The molecule has 2 aromatic carbocycles. The van der Waals surface area contributed by atoms with E-state index in [1.807, 2.05) is 0 Å². The van der Waals surface area contributed by atoms with Gasteiger partial charge in [-0.3, -0.25) is 4.90 Å². The maximum absolute atomic E-state index is 3.47. The molecule has 1 N–H and O–H groups in total. The van der Waals surface area contributed by atoms with E-state index >= 15 is 0 Å². The molecule has 2 aromatic rings. The summed E-state index contributed by atoms with van der Waals surface area (Å²) in [6.07, 6.45) is 1.22. The summed E-state index contributed by atoms with van der Waals surface area (Å²) < 4.78 is 0. The second-order valence-corrected chi connectivity index (χ2v) is 6.92. The van der Waals surface area contributed by atoms with Crippen LogP contribution in [-0.2, 0) is 0 Å². The minimum Gasteiger partial charge on any atom is -0.314 e. The Morgan fingerprint density at radius 1 is 0.913 bits per heavy atom. The molecule has 1 aliphatic heterocycles. The number of hydrogen-bond acceptors (Lipinski definition) is 2. The molecule has 1 atom stereocenters. The third-order valence-electron chi connectivity index (χ3n) is 4.67. The lowest BCUT2D eigenvalue weighted by Gasteiger charge is -2.36. The van der Waals surface area contributed by atoms with Crippen LogP contribution in [0.15, 0.2) is 54.6 Å². The maximum atomic E-state index is 3.47. The first-order valence-electron chi connectivity index (χ1n) is 8.84. The fourth-order valence-electron chi connectivity index (χ4n) is 3.49. The molecule has 0 aliphatic carbocycles. The van der Waals surface area contributed by atoms with Crippen LogP contribution in [0.5, 0.6) is 0 Å². The van der Waals surface area contributed by atoms with Crippen LogP contribution in [0.25, 0.3) is 11.1 Å². The minimum atomic E-state index is 0.528. The lowest BCUT2D eigenvalue weighted by Crippen LogP contribution is -2.45. The summed E-state index contributed by atoms with van der Waals surface area (Å²) in [5.74, 6) is 0.704. The first-order chi connectivity index (χ1) is 11.2. The van der Waals surface area contributed by atoms with Gasteiger partial charge in [0, 0.05) is 32.2 Å². The van der Waals surface area contributed by atoms with Crippen molar-refractivity contribution < 1.29 is 0 Å². The number of hydrogen-bond donors (Lipinski definition) is 1. The largest absolute Gasteiger partial charge is 0.314 e.